The summed E-state index contributed by atoms with van der Waals surface area (Å²) in [6, 6.07) is 11.8. The summed E-state index contributed by atoms with van der Waals surface area (Å²) in [4.78, 5) is 16.7. The van der Waals surface area contributed by atoms with Crippen LogP contribution < -0.4 is 5.32 Å². The van der Waals surface area contributed by atoms with Crippen LogP contribution in [0.25, 0.3) is 5.65 Å². The van der Waals surface area contributed by atoms with E-state index in [9.17, 15) is 4.79 Å². The van der Waals surface area contributed by atoms with Crippen LogP contribution in [0.1, 0.15) is 47.3 Å². The number of aromatic nitrogens is 3. The number of fused-ring (bicyclic) bond motifs is 1. The average molecular weight is 330 g/mol. The molecular formula is C20H18N4O. The quantitative estimate of drug-likeness (QED) is 0.735. The number of amides is 1. The van der Waals surface area contributed by atoms with Crippen molar-refractivity contribution in [2.24, 2.45) is 0 Å². The van der Waals surface area contributed by atoms with Gasteiger partial charge < -0.3 is 5.32 Å². The Hall–Kier alpha value is -3.13. The van der Waals surface area contributed by atoms with Crippen molar-refractivity contribution in [3.05, 3.63) is 65.6 Å². The van der Waals surface area contributed by atoms with Crippen LogP contribution in [-0.2, 0) is 0 Å². The zero-order valence-corrected chi connectivity index (χ0v) is 13.8. The zero-order chi connectivity index (χ0) is 17.1. The lowest BCUT2D eigenvalue weighted by atomic mass is 10.2. The molecule has 1 aromatic carbocycles. The van der Waals surface area contributed by atoms with Gasteiger partial charge in [0.25, 0.3) is 5.91 Å². The molecule has 4 rings (SSSR count). The lowest BCUT2D eigenvalue weighted by Crippen LogP contribution is -2.32. The van der Waals surface area contributed by atoms with Crippen molar-refractivity contribution in [1.29, 1.82) is 0 Å². The van der Waals surface area contributed by atoms with Crippen molar-refractivity contribution in [2.75, 3.05) is 0 Å². The molecule has 2 heterocycles. The molecule has 1 aliphatic carbocycles. The van der Waals surface area contributed by atoms with E-state index < -0.39 is 0 Å². The average Bonchev–Trinajstić information content (AvgIpc) is 3.29. The number of nitrogens with zero attached hydrogens (tertiary/aromatic N) is 3. The molecule has 0 atom stereocenters. The highest BCUT2D eigenvalue weighted by Gasteiger charge is 2.19. The molecular weight excluding hydrogens is 312 g/mol. The van der Waals surface area contributed by atoms with E-state index in [0.29, 0.717) is 11.3 Å². The Morgan fingerprint density at radius 1 is 1.12 bits per heavy atom. The number of rotatable bonds is 2. The van der Waals surface area contributed by atoms with Crippen molar-refractivity contribution in [3.63, 3.8) is 0 Å². The monoisotopic (exact) mass is 330 g/mol. The summed E-state index contributed by atoms with van der Waals surface area (Å²) in [5.41, 5.74) is 2.73. The highest BCUT2D eigenvalue weighted by atomic mass is 16.2. The van der Waals surface area contributed by atoms with Crippen molar-refractivity contribution in [2.45, 2.75) is 31.7 Å². The number of carbonyl (C=O) groups excluding carboxylic acids is 1. The van der Waals surface area contributed by atoms with E-state index in [2.05, 4.69) is 27.2 Å². The minimum atomic E-state index is -0.130. The fraction of sp³-hybridized carbons (Fsp3) is 0.250. The molecule has 0 radical (unpaired) electrons. The van der Waals surface area contributed by atoms with Crippen LogP contribution >= 0.6 is 0 Å². The minimum Gasteiger partial charge on any atom is -0.348 e. The number of hydrogen-bond acceptors (Lipinski definition) is 3. The van der Waals surface area contributed by atoms with Gasteiger partial charge >= 0.3 is 0 Å². The Morgan fingerprint density at radius 3 is 2.68 bits per heavy atom. The number of nitrogens with one attached hydrogen (secondary N) is 1. The molecule has 1 saturated carbocycles. The maximum Gasteiger partial charge on any atom is 0.272 e. The van der Waals surface area contributed by atoms with Gasteiger partial charge in [0.2, 0.25) is 0 Å². The summed E-state index contributed by atoms with van der Waals surface area (Å²) in [6.45, 7) is 0. The molecule has 25 heavy (non-hydrogen) atoms. The van der Waals surface area contributed by atoms with Crippen LogP contribution in [-0.4, -0.2) is 26.5 Å². The molecule has 1 amide bonds. The van der Waals surface area contributed by atoms with Gasteiger partial charge in [0, 0.05) is 30.1 Å². The third kappa shape index (κ3) is 3.53. The van der Waals surface area contributed by atoms with Crippen LogP contribution in [0.5, 0.6) is 0 Å². The minimum absolute atomic E-state index is 0.130. The van der Waals surface area contributed by atoms with E-state index in [1.807, 2.05) is 30.3 Å². The van der Waals surface area contributed by atoms with E-state index in [1.165, 1.54) is 12.8 Å². The predicted molar refractivity (Wildman–Crippen MR) is 95.1 cm³/mol. The first-order valence-corrected chi connectivity index (χ1v) is 8.51. The molecule has 0 spiro atoms. The fourth-order valence-corrected chi connectivity index (χ4v) is 3.05. The van der Waals surface area contributed by atoms with Crippen LogP contribution in [0.3, 0.4) is 0 Å². The van der Waals surface area contributed by atoms with Gasteiger partial charge in [-0.25, -0.2) is 9.50 Å². The number of benzene rings is 1. The van der Waals surface area contributed by atoms with Crippen LogP contribution in [0.4, 0.5) is 0 Å². The fourth-order valence-electron chi connectivity index (χ4n) is 3.05. The van der Waals surface area contributed by atoms with Gasteiger partial charge in [0.15, 0.2) is 11.3 Å². The van der Waals surface area contributed by atoms with Crippen molar-refractivity contribution < 1.29 is 4.79 Å². The van der Waals surface area contributed by atoms with E-state index >= 15 is 0 Å². The van der Waals surface area contributed by atoms with E-state index in [0.717, 1.165) is 24.0 Å². The second kappa shape index (κ2) is 6.78. The van der Waals surface area contributed by atoms with Crippen molar-refractivity contribution in [3.8, 4) is 11.8 Å². The van der Waals surface area contributed by atoms with Crippen LogP contribution in [0.15, 0.2) is 48.8 Å². The summed E-state index contributed by atoms with van der Waals surface area (Å²) in [6.07, 6.45) is 7.96. The standard InChI is InChI=1S/C20H18N4O/c25-20(22-17-8-4-5-9-17)18-12-19-21-13-16(14-24(19)23-18)11-10-15-6-2-1-3-7-15/h1-3,6-7,12-14,17H,4-5,8-9H2,(H,22,25). The third-order valence-corrected chi connectivity index (χ3v) is 4.36. The molecule has 0 unspecified atom stereocenters. The third-order valence-electron chi connectivity index (χ3n) is 4.36. The van der Waals surface area contributed by atoms with Crippen LogP contribution in [0.2, 0.25) is 0 Å². The molecule has 124 valence electrons. The Morgan fingerprint density at radius 2 is 1.88 bits per heavy atom. The smallest absolute Gasteiger partial charge is 0.272 e. The zero-order valence-electron chi connectivity index (χ0n) is 13.8. The van der Waals surface area contributed by atoms with Crippen LogP contribution in [0, 0.1) is 11.8 Å². The first kappa shape index (κ1) is 15.4. The molecule has 5 heteroatoms. The summed E-state index contributed by atoms with van der Waals surface area (Å²) in [5, 5.41) is 7.39. The second-order valence-electron chi connectivity index (χ2n) is 6.25. The van der Waals surface area contributed by atoms with Gasteiger partial charge in [-0.2, -0.15) is 5.10 Å². The van der Waals surface area contributed by atoms with Crippen molar-refractivity contribution in [1.82, 2.24) is 19.9 Å². The summed E-state index contributed by atoms with van der Waals surface area (Å²) in [5.74, 6) is 6.04. The Kier molecular flexibility index (Phi) is 4.17. The number of hydrogen-bond donors (Lipinski definition) is 1. The summed E-state index contributed by atoms with van der Waals surface area (Å²) >= 11 is 0. The first-order chi connectivity index (χ1) is 12.3. The van der Waals surface area contributed by atoms with E-state index in [1.54, 1.807) is 23.0 Å². The SMILES string of the molecule is O=C(NC1CCCC1)c1cc2ncc(C#Cc3ccccc3)cn2n1. The molecule has 0 saturated heterocycles. The Bertz CT molecular complexity index is 960. The van der Waals surface area contributed by atoms with Gasteiger partial charge in [-0.05, 0) is 25.0 Å². The molecule has 1 aliphatic rings. The molecule has 3 aromatic rings. The second-order valence-corrected chi connectivity index (χ2v) is 6.25. The largest absolute Gasteiger partial charge is 0.348 e. The van der Waals surface area contributed by atoms with Gasteiger partial charge in [-0.1, -0.05) is 42.9 Å². The predicted octanol–water partition coefficient (Wildman–Crippen LogP) is 2.80. The molecule has 5 nitrogen and oxygen atoms in total. The van der Waals surface area contributed by atoms with Crippen molar-refractivity contribution >= 4 is 11.6 Å². The summed E-state index contributed by atoms with van der Waals surface area (Å²) < 4.78 is 1.61. The number of carbonyl (C=O) groups is 1. The van der Waals surface area contributed by atoms with Gasteiger partial charge in [0.1, 0.15) is 0 Å². The topological polar surface area (TPSA) is 59.3 Å². The van der Waals surface area contributed by atoms with E-state index in [-0.39, 0.29) is 11.9 Å². The lowest BCUT2D eigenvalue weighted by molar-refractivity contribution is 0.0932. The highest BCUT2D eigenvalue weighted by molar-refractivity contribution is 5.93. The van der Waals surface area contributed by atoms with Gasteiger partial charge in [-0.15, -0.1) is 0 Å². The summed E-state index contributed by atoms with van der Waals surface area (Å²) in [7, 11) is 0. The Balaban J connectivity index is 1.55. The maximum atomic E-state index is 12.3. The lowest BCUT2D eigenvalue weighted by Gasteiger charge is -2.09. The maximum absolute atomic E-state index is 12.3. The molecule has 1 fully saturated rings. The van der Waals surface area contributed by atoms with Gasteiger partial charge in [-0.3, -0.25) is 4.79 Å². The van der Waals surface area contributed by atoms with E-state index in [4.69, 9.17) is 0 Å². The molecule has 1 N–H and O–H groups in total. The van der Waals surface area contributed by atoms with Gasteiger partial charge in [0.05, 0.1) is 5.56 Å². The molecule has 2 aromatic heterocycles. The first-order valence-electron chi connectivity index (χ1n) is 8.51. The highest BCUT2D eigenvalue weighted by Crippen LogP contribution is 2.18. The molecule has 0 aliphatic heterocycles. The normalized spacial score (nSPS) is 14.2. The molecule has 0 bridgehead atoms. The Labute approximate surface area is 146 Å².